The van der Waals surface area contributed by atoms with Crippen molar-refractivity contribution in [3.63, 3.8) is 0 Å². The van der Waals surface area contributed by atoms with Crippen molar-refractivity contribution >= 4 is 33.6 Å². The van der Waals surface area contributed by atoms with Crippen LogP contribution in [-0.4, -0.2) is 61.7 Å². The van der Waals surface area contributed by atoms with Crippen LogP contribution >= 0.6 is 0 Å². The number of carbonyl (C=O) groups excluding carboxylic acids is 1. The first kappa shape index (κ1) is 24.2. The first-order chi connectivity index (χ1) is 14.5. The third kappa shape index (κ3) is 7.62. The predicted octanol–water partition coefficient (Wildman–Crippen LogP) is -0.744. The Balaban J connectivity index is 1.84. The minimum Gasteiger partial charge on any atom is -0.480 e. The molecule has 31 heavy (non-hydrogen) atoms. The molecule has 12 nitrogen and oxygen atoms in total. The standard InChI is InChI=1S/C18H26N6O6S/c1-10(2)23-31(28,29)24-15(18(26)27)9-21-16(25)8-13-7-14(22-30-13)11-3-5-12(6-4-11)17(19)20/h3-6,10,13,15,23-24H,7-9H2,1-2H3,(H3,19,20)(H,21,25)(H,26,27)/t13?,15-/m0/s1. The van der Waals surface area contributed by atoms with Crippen LogP contribution < -0.4 is 20.5 Å². The summed E-state index contributed by atoms with van der Waals surface area (Å²) < 4.78 is 27.9. The number of carboxylic acid groups (broad SMARTS) is 1. The topological polar surface area (TPSA) is 196 Å². The number of nitrogen functional groups attached to an aromatic ring is 1. The zero-order valence-corrected chi connectivity index (χ0v) is 17.9. The van der Waals surface area contributed by atoms with Gasteiger partial charge in [0.15, 0.2) is 0 Å². The van der Waals surface area contributed by atoms with E-state index >= 15 is 0 Å². The molecule has 0 radical (unpaired) electrons. The maximum Gasteiger partial charge on any atom is 0.323 e. The number of amides is 1. The summed E-state index contributed by atoms with van der Waals surface area (Å²) >= 11 is 0. The fourth-order valence-corrected chi connectivity index (χ4v) is 4.00. The summed E-state index contributed by atoms with van der Waals surface area (Å²) in [6.45, 7) is 2.75. The highest BCUT2D eigenvalue weighted by Crippen LogP contribution is 2.19. The molecule has 7 N–H and O–H groups in total. The quantitative estimate of drug-likeness (QED) is 0.187. The molecule has 13 heteroatoms. The SMILES string of the molecule is CC(C)NS(=O)(=O)N[C@@H](CNC(=O)CC1CC(c2ccc(C(=N)N)cc2)=NO1)C(=O)O. The smallest absolute Gasteiger partial charge is 0.323 e. The molecule has 1 aliphatic rings. The minimum atomic E-state index is -4.04. The van der Waals surface area contributed by atoms with Gasteiger partial charge >= 0.3 is 5.97 Å². The lowest BCUT2D eigenvalue weighted by Gasteiger charge is -2.17. The second-order valence-electron chi connectivity index (χ2n) is 7.25. The molecule has 2 rings (SSSR count). The number of nitrogens with two attached hydrogens (primary N) is 1. The Kier molecular flexibility index (Phi) is 8.08. The van der Waals surface area contributed by atoms with E-state index in [0.29, 0.717) is 17.7 Å². The van der Waals surface area contributed by atoms with Crippen molar-refractivity contribution in [3.8, 4) is 0 Å². The molecule has 0 fully saturated rings. The fourth-order valence-electron chi connectivity index (χ4n) is 2.76. The first-order valence-electron chi connectivity index (χ1n) is 9.43. The van der Waals surface area contributed by atoms with E-state index in [-0.39, 0.29) is 12.3 Å². The van der Waals surface area contributed by atoms with E-state index in [4.69, 9.17) is 16.0 Å². The van der Waals surface area contributed by atoms with Gasteiger partial charge in [0.1, 0.15) is 18.0 Å². The summed E-state index contributed by atoms with van der Waals surface area (Å²) in [4.78, 5) is 28.8. The molecule has 0 bridgehead atoms. The molecule has 1 aromatic rings. The number of rotatable bonds is 11. The number of nitrogens with one attached hydrogen (secondary N) is 4. The summed E-state index contributed by atoms with van der Waals surface area (Å²) in [5.41, 5.74) is 7.40. The van der Waals surface area contributed by atoms with Crippen LogP contribution in [-0.2, 0) is 24.6 Å². The average molecular weight is 455 g/mol. The lowest BCUT2D eigenvalue weighted by atomic mass is 10.0. The summed E-state index contributed by atoms with van der Waals surface area (Å²) in [5, 5.41) is 23.0. The third-order valence-electron chi connectivity index (χ3n) is 4.16. The number of carboxylic acids is 1. The van der Waals surface area contributed by atoms with E-state index in [1.165, 1.54) is 0 Å². The molecule has 1 amide bonds. The van der Waals surface area contributed by atoms with E-state index in [1.54, 1.807) is 38.1 Å². The van der Waals surface area contributed by atoms with Crippen LogP contribution in [0.15, 0.2) is 29.4 Å². The Bertz CT molecular complexity index is 960. The maximum absolute atomic E-state index is 12.2. The summed E-state index contributed by atoms with van der Waals surface area (Å²) in [7, 11) is -4.04. The maximum atomic E-state index is 12.2. The van der Waals surface area contributed by atoms with Crippen molar-refractivity contribution in [1.82, 2.24) is 14.8 Å². The molecule has 1 heterocycles. The van der Waals surface area contributed by atoms with Crippen molar-refractivity contribution in [2.45, 2.75) is 44.9 Å². The van der Waals surface area contributed by atoms with Crippen LogP contribution in [0.2, 0.25) is 0 Å². The Labute approximate surface area is 179 Å². The molecule has 1 unspecified atom stereocenters. The molecule has 170 valence electrons. The Morgan fingerprint density at radius 3 is 2.48 bits per heavy atom. The Morgan fingerprint density at radius 1 is 1.29 bits per heavy atom. The Morgan fingerprint density at radius 2 is 1.94 bits per heavy atom. The predicted molar refractivity (Wildman–Crippen MR) is 113 cm³/mol. The highest BCUT2D eigenvalue weighted by molar-refractivity contribution is 7.87. The number of benzene rings is 1. The summed E-state index contributed by atoms with van der Waals surface area (Å²) in [6, 6.07) is 4.90. The van der Waals surface area contributed by atoms with Crippen molar-refractivity contribution in [2.24, 2.45) is 10.9 Å². The van der Waals surface area contributed by atoms with Gasteiger partial charge in [0.25, 0.3) is 10.2 Å². The lowest BCUT2D eigenvalue weighted by molar-refractivity contribution is -0.139. The van der Waals surface area contributed by atoms with Crippen molar-refractivity contribution in [1.29, 1.82) is 5.41 Å². The number of oxime groups is 1. The number of hydrogen-bond donors (Lipinski definition) is 6. The molecular weight excluding hydrogens is 428 g/mol. The lowest BCUT2D eigenvalue weighted by Crippen LogP contribution is -2.52. The van der Waals surface area contributed by atoms with Gasteiger partial charge < -0.3 is 21.0 Å². The zero-order chi connectivity index (χ0) is 23.2. The number of nitrogens with zero attached hydrogens (tertiary/aromatic N) is 1. The first-order valence-corrected chi connectivity index (χ1v) is 10.9. The van der Waals surface area contributed by atoms with Gasteiger partial charge in [0.05, 0.1) is 12.1 Å². The van der Waals surface area contributed by atoms with E-state index < -0.39 is 46.8 Å². The molecule has 0 saturated carbocycles. The molecular formula is C18H26N6O6S. The highest BCUT2D eigenvalue weighted by atomic mass is 32.2. The largest absolute Gasteiger partial charge is 0.480 e. The second kappa shape index (κ2) is 10.3. The molecule has 0 spiro atoms. The van der Waals surface area contributed by atoms with Crippen LogP contribution in [0.4, 0.5) is 0 Å². The van der Waals surface area contributed by atoms with Gasteiger partial charge in [-0.25, -0.2) is 0 Å². The van der Waals surface area contributed by atoms with Crippen LogP contribution in [0.25, 0.3) is 0 Å². The number of amidine groups is 1. The second-order valence-corrected chi connectivity index (χ2v) is 8.73. The monoisotopic (exact) mass is 454 g/mol. The van der Waals surface area contributed by atoms with Gasteiger partial charge in [-0.3, -0.25) is 15.0 Å². The van der Waals surface area contributed by atoms with Crippen molar-refractivity contribution in [3.05, 3.63) is 35.4 Å². The van der Waals surface area contributed by atoms with Gasteiger partial charge in [0, 0.05) is 24.6 Å². The van der Waals surface area contributed by atoms with Gasteiger partial charge in [-0.15, -0.1) is 0 Å². The number of carbonyl (C=O) groups is 2. The minimum absolute atomic E-state index is 0.0485. The van der Waals surface area contributed by atoms with E-state index in [9.17, 15) is 23.1 Å². The zero-order valence-electron chi connectivity index (χ0n) is 17.1. The van der Waals surface area contributed by atoms with Crippen molar-refractivity contribution < 1.29 is 28.0 Å². The Hall–Kier alpha value is -3.03. The molecule has 1 aliphatic heterocycles. The molecule has 0 aliphatic carbocycles. The molecule has 2 atom stereocenters. The molecule has 0 saturated heterocycles. The average Bonchev–Trinajstić information content (AvgIpc) is 3.12. The van der Waals surface area contributed by atoms with Gasteiger partial charge in [-0.05, 0) is 19.4 Å². The molecule has 0 aromatic heterocycles. The normalized spacial score (nSPS) is 17.0. The van der Waals surface area contributed by atoms with Crippen LogP contribution in [0, 0.1) is 5.41 Å². The van der Waals surface area contributed by atoms with Crippen LogP contribution in [0.1, 0.15) is 37.8 Å². The number of aliphatic carboxylic acids is 1. The fraction of sp³-hybridized carbons (Fsp3) is 0.444. The van der Waals surface area contributed by atoms with Crippen LogP contribution in [0.3, 0.4) is 0 Å². The van der Waals surface area contributed by atoms with Gasteiger partial charge in [-0.1, -0.05) is 29.4 Å². The van der Waals surface area contributed by atoms with E-state index in [1.807, 2.05) is 4.72 Å². The van der Waals surface area contributed by atoms with Gasteiger partial charge in [-0.2, -0.15) is 17.9 Å². The summed E-state index contributed by atoms with van der Waals surface area (Å²) in [6.07, 6.45) is -0.257. The van der Waals surface area contributed by atoms with E-state index in [2.05, 4.69) is 15.2 Å². The summed E-state index contributed by atoms with van der Waals surface area (Å²) in [5.74, 6) is -1.98. The third-order valence-corrected chi connectivity index (χ3v) is 5.54. The van der Waals surface area contributed by atoms with Crippen molar-refractivity contribution in [2.75, 3.05) is 6.54 Å². The van der Waals surface area contributed by atoms with Gasteiger partial charge in [0.2, 0.25) is 5.91 Å². The molecule has 1 aromatic carbocycles. The van der Waals surface area contributed by atoms with Crippen LogP contribution in [0.5, 0.6) is 0 Å². The van der Waals surface area contributed by atoms with E-state index in [0.717, 1.165) is 5.56 Å². The highest BCUT2D eigenvalue weighted by Gasteiger charge is 2.27. The number of hydrogen-bond acceptors (Lipinski definition) is 7.